The normalized spacial score (nSPS) is 10.4. The number of unbranched alkanes of at least 4 members (excludes halogenated alkanes) is 2. The maximum Gasteiger partial charge on any atom is 0.00745 e. The summed E-state index contributed by atoms with van der Waals surface area (Å²) in [5.41, 5.74) is 1.35. The van der Waals surface area contributed by atoms with Gasteiger partial charge in [0, 0.05) is 4.90 Å². The van der Waals surface area contributed by atoms with Gasteiger partial charge in [0.2, 0.25) is 0 Å². The van der Waals surface area contributed by atoms with Crippen molar-refractivity contribution in [3.63, 3.8) is 0 Å². The second kappa shape index (κ2) is 7.24. The molecule has 14 heavy (non-hydrogen) atoms. The van der Waals surface area contributed by atoms with Crippen LogP contribution in [0.5, 0.6) is 0 Å². The SMILES string of the molecule is Cc1cccc(SCCCCCS)c1. The van der Waals surface area contributed by atoms with Crippen LogP contribution < -0.4 is 0 Å². The first-order chi connectivity index (χ1) is 6.83. The van der Waals surface area contributed by atoms with Crippen molar-refractivity contribution in [3.8, 4) is 0 Å². The van der Waals surface area contributed by atoms with Crippen LogP contribution >= 0.6 is 24.4 Å². The molecule has 0 saturated heterocycles. The molecule has 0 N–H and O–H groups in total. The highest BCUT2D eigenvalue weighted by Gasteiger charge is 1.94. The van der Waals surface area contributed by atoms with Crippen molar-refractivity contribution in [3.05, 3.63) is 29.8 Å². The summed E-state index contributed by atoms with van der Waals surface area (Å²) in [6, 6.07) is 8.72. The van der Waals surface area contributed by atoms with Gasteiger partial charge in [0.05, 0.1) is 0 Å². The number of thiol groups is 1. The first-order valence-electron chi connectivity index (χ1n) is 5.13. The molecule has 0 unspecified atom stereocenters. The molecule has 0 aromatic heterocycles. The molecule has 2 heteroatoms. The van der Waals surface area contributed by atoms with Crippen LogP contribution in [-0.2, 0) is 0 Å². The molecule has 0 aliphatic carbocycles. The molecule has 0 aliphatic heterocycles. The molecule has 0 spiro atoms. The second-order valence-corrected chi connectivity index (χ2v) is 5.06. The van der Waals surface area contributed by atoms with Gasteiger partial charge < -0.3 is 0 Å². The molecule has 0 saturated carbocycles. The third-order valence-corrected chi connectivity index (χ3v) is 3.46. The van der Waals surface area contributed by atoms with E-state index in [1.807, 2.05) is 11.8 Å². The van der Waals surface area contributed by atoms with E-state index in [0.717, 1.165) is 5.75 Å². The van der Waals surface area contributed by atoms with Crippen LogP contribution in [0.25, 0.3) is 0 Å². The summed E-state index contributed by atoms with van der Waals surface area (Å²) < 4.78 is 0. The quantitative estimate of drug-likeness (QED) is 0.431. The van der Waals surface area contributed by atoms with E-state index in [-0.39, 0.29) is 0 Å². The van der Waals surface area contributed by atoms with Crippen LogP contribution in [0.1, 0.15) is 24.8 Å². The Hall–Kier alpha value is -0.0800. The highest BCUT2D eigenvalue weighted by atomic mass is 32.2. The molecule has 1 rings (SSSR count). The fourth-order valence-electron chi connectivity index (χ4n) is 1.29. The van der Waals surface area contributed by atoms with Crippen molar-refractivity contribution in [2.45, 2.75) is 31.1 Å². The lowest BCUT2D eigenvalue weighted by Gasteiger charge is -2.02. The number of benzene rings is 1. The van der Waals surface area contributed by atoms with Gasteiger partial charge >= 0.3 is 0 Å². The van der Waals surface area contributed by atoms with E-state index in [2.05, 4.69) is 43.8 Å². The number of hydrogen-bond donors (Lipinski definition) is 1. The summed E-state index contributed by atoms with van der Waals surface area (Å²) in [7, 11) is 0. The Morgan fingerprint density at radius 1 is 1.21 bits per heavy atom. The number of thioether (sulfide) groups is 1. The van der Waals surface area contributed by atoms with Gasteiger partial charge in [0.1, 0.15) is 0 Å². The maximum absolute atomic E-state index is 4.20. The minimum absolute atomic E-state index is 1.02. The lowest BCUT2D eigenvalue weighted by atomic mass is 10.2. The number of rotatable bonds is 6. The van der Waals surface area contributed by atoms with Crippen LogP contribution in [0.3, 0.4) is 0 Å². The Kier molecular flexibility index (Phi) is 6.20. The summed E-state index contributed by atoms with van der Waals surface area (Å²) >= 11 is 6.16. The fourth-order valence-corrected chi connectivity index (χ4v) is 2.54. The molecule has 1 aromatic carbocycles. The van der Waals surface area contributed by atoms with Crippen molar-refractivity contribution >= 4 is 24.4 Å². The molecule has 0 bridgehead atoms. The number of hydrogen-bond acceptors (Lipinski definition) is 2. The molecule has 0 fully saturated rings. The molecular weight excluding hydrogens is 208 g/mol. The molecular formula is C12H18S2. The minimum atomic E-state index is 1.02. The van der Waals surface area contributed by atoms with E-state index >= 15 is 0 Å². The fraction of sp³-hybridized carbons (Fsp3) is 0.500. The Balaban J connectivity index is 2.18. The largest absolute Gasteiger partial charge is 0.179 e. The van der Waals surface area contributed by atoms with Gasteiger partial charge in [0.15, 0.2) is 0 Å². The van der Waals surface area contributed by atoms with Crippen LogP contribution in [-0.4, -0.2) is 11.5 Å². The third kappa shape index (κ3) is 4.97. The van der Waals surface area contributed by atoms with Gasteiger partial charge in [0.25, 0.3) is 0 Å². The standard InChI is InChI=1S/C12H18S2/c1-11-6-5-7-12(10-11)14-9-4-2-3-8-13/h5-7,10,13H,2-4,8-9H2,1H3. The predicted molar refractivity (Wildman–Crippen MR) is 69.6 cm³/mol. The van der Waals surface area contributed by atoms with E-state index in [1.54, 1.807) is 0 Å². The van der Waals surface area contributed by atoms with Crippen molar-refractivity contribution < 1.29 is 0 Å². The highest BCUT2D eigenvalue weighted by Crippen LogP contribution is 2.20. The molecule has 0 radical (unpaired) electrons. The van der Waals surface area contributed by atoms with Crippen molar-refractivity contribution in [2.75, 3.05) is 11.5 Å². The maximum atomic E-state index is 4.20. The van der Waals surface area contributed by atoms with Crippen LogP contribution in [0.4, 0.5) is 0 Å². The molecule has 0 amide bonds. The van der Waals surface area contributed by atoms with Crippen LogP contribution in [0.15, 0.2) is 29.2 Å². The van der Waals surface area contributed by atoms with Crippen molar-refractivity contribution in [2.24, 2.45) is 0 Å². The van der Waals surface area contributed by atoms with E-state index in [1.165, 1.54) is 35.5 Å². The van der Waals surface area contributed by atoms with E-state index in [0.29, 0.717) is 0 Å². The average molecular weight is 226 g/mol. The second-order valence-electron chi connectivity index (χ2n) is 3.45. The summed E-state index contributed by atoms with van der Waals surface area (Å²) in [6.07, 6.45) is 3.86. The Bertz CT molecular complexity index is 258. The van der Waals surface area contributed by atoms with Crippen molar-refractivity contribution in [1.29, 1.82) is 0 Å². The smallest absolute Gasteiger partial charge is 0.00745 e. The van der Waals surface area contributed by atoms with E-state index in [4.69, 9.17) is 0 Å². The van der Waals surface area contributed by atoms with Gasteiger partial charge in [-0.2, -0.15) is 12.6 Å². The zero-order valence-electron chi connectivity index (χ0n) is 8.70. The first-order valence-corrected chi connectivity index (χ1v) is 6.75. The van der Waals surface area contributed by atoms with Gasteiger partial charge in [-0.3, -0.25) is 0 Å². The highest BCUT2D eigenvalue weighted by molar-refractivity contribution is 7.99. The van der Waals surface area contributed by atoms with Gasteiger partial charge in [-0.05, 0) is 43.4 Å². The Labute approximate surface area is 96.9 Å². The predicted octanol–water partition coefficient (Wildman–Crippen LogP) is 4.19. The van der Waals surface area contributed by atoms with Gasteiger partial charge in [-0.15, -0.1) is 11.8 Å². The molecule has 0 atom stereocenters. The molecule has 0 aliphatic rings. The van der Waals surface area contributed by atoms with E-state index < -0.39 is 0 Å². The van der Waals surface area contributed by atoms with Crippen LogP contribution in [0, 0.1) is 6.92 Å². The lowest BCUT2D eigenvalue weighted by molar-refractivity contribution is 0.787. The summed E-state index contributed by atoms with van der Waals surface area (Å²) in [6.45, 7) is 2.14. The van der Waals surface area contributed by atoms with Gasteiger partial charge in [-0.1, -0.05) is 24.1 Å². The number of aryl methyl sites for hydroxylation is 1. The Morgan fingerprint density at radius 3 is 2.79 bits per heavy atom. The van der Waals surface area contributed by atoms with Crippen molar-refractivity contribution in [1.82, 2.24) is 0 Å². The average Bonchev–Trinajstić information content (AvgIpc) is 2.18. The lowest BCUT2D eigenvalue weighted by Crippen LogP contribution is -1.83. The summed E-state index contributed by atoms with van der Waals surface area (Å²) in [4.78, 5) is 1.40. The molecule has 78 valence electrons. The minimum Gasteiger partial charge on any atom is -0.179 e. The Morgan fingerprint density at radius 2 is 2.07 bits per heavy atom. The zero-order valence-corrected chi connectivity index (χ0v) is 10.4. The molecule has 0 heterocycles. The van der Waals surface area contributed by atoms with Crippen LogP contribution in [0.2, 0.25) is 0 Å². The monoisotopic (exact) mass is 226 g/mol. The first kappa shape index (κ1) is 12.0. The third-order valence-electron chi connectivity index (χ3n) is 2.06. The summed E-state index contributed by atoms with van der Waals surface area (Å²) in [5.74, 6) is 2.26. The zero-order chi connectivity index (χ0) is 10.2. The molecule has 0 nitrogen and oxygen atoms in total. The van der Waals surface area contributed by atoms with Gasteiger partial charge in [-0.25, -0.2) is 0 Å². The topological polar surface area (TPSA) is 0 Å². The van der Waals surface area contributed by atoms with E-state index in [9.17, 15) is 0 Å². The summed E-state index contributed by atoms with van der Waals surface area (Å²) in [5, 5.41) is 0. The molecule has 1 aromatic rings.